The summed E-state index contributed by atoms with van der Waals surface area (Å²) in [5, 5.41) is 8.07. The third-order valence-corrected chi connectivity index (χ3v) is 2.94. The molecule has 0 aliphatic carbocycles. The maximum absolute atomic E-state index is 3.76. The molecule has 0 saturated carbocycles. The Balaban J connectivity index is 1.96. The van der Waals surface area contributed by atoms with Crippen LogP contribution in [0, 0.1) is 0 Å². The minimum Gasteiger partial charge on any atom is -0.374 e. The van der Waals surface area contributed by atoms with Crippen LogP contribution in [0.5, 0.6) is 0 Å². The van der Waals surface area contributed by atoms with Crippen LogP contribution < -0.4 is 5.32 Å². The Morgan fingerprint density at radius 2 is 2.58 bits per heavy atom. The van der Waals surface area contributed by atoms with E-state index in [-0.39, 0.29) is 0 Å². The minimum atomic E-state index is 1.02. The van der Waals surface area contributed by atoms with Gasteiger partial charge < -0.3 is 5.32 Å². The van der Waals surface area contributed by atoms with Gasteiger partial charge in [0.25, 0.3) is 0 Å². The molecule has 68 valence electrons. The van der Waals surface area contributed by atoms with Crippen molar-refractivity contribution in [3.8, 4) is 0 Å². The average Bonchev–Trinajstić information content (AvgIpc) is 2.57. The summed E-state index contributed by atoms with van der Waals surface area (Å²) in [4.78, 5) is 0. The zero-order valence-corrected chi connectivity index (χ0v) is 8.75. The number of rotatable bonds is 6. The molecule has 12 heavy (non-hydrogen) atoms. The Kier molecular flexibility index (Phi) is 5.10. The molecule has 0 atom stereocenters. The third-order valence-electron chi connectivity index (χ3n) is 1.33. The van der Waals surface area contributed by atoms with Crippen molar-refractivity contribution in [3.05, 3.63) is 6.20 Å². The second-order valence-corrected chi connectivity index (χ2v) is 4.44. The van der Waals surface area contributed by atoms with Crippen molar-refractivity contribution in [1.29, 1.82) is 0 Å². The lowest BCUT2D eigenvalue weighted by Crippen LogP contribution is -2.00. The molecule has 0 aliphatic rings. The predicted molar refractivity (Wildman–Crippen MR) is 56.0 cm³/mol. The quantitative estimate of drug-likeness (QED) is 0.718. The summed E-state index contributed by atoms with van der Waals surface area (Å²) in [7, 11) is 0. The van der Waals surface area contributed by atoms with Gasteiger partial charge in [0.1, 0.15) is 5.00 Å². The third kappa shape index (κ3) is 3.92. The first-order valence-electron chi connectivity index (χ1n) is 4.02. The van der Waals surface area contributed by atoms with Crippen LogP contribution in [-0.4, -0.2) is 27.6 Å². The summed E-state index contributed by atoms with van der Waals surface area (Å²) in [6.45, 7) is 3.21. The zero-order valence-electron chi connectivity index (χ0n) is 7.12. The molecule has 3 nitrogen and oxygen atoms in total. The number of thioether (sulfide) groups is 1. The van der Waals surface area contributed by atoms with Crippen molar-refractivity contribution in [3.63, 3.8) is 0 Å². The Morgan fingerprint density at radius 1 is 1.67 bits per heavy atom. The lowest BCUT2D eigenvalue weighted by Gasteiger charge is -2.00. The predicted octanol–water partition coefficient (Wildman–Crippen LogP) is 2.09. The largest absolute Gasteiger partial charge is 0.374 e. The van der Waals surface area contributed by atoms with Gasteiger partial charge in [-0.25, -0.2) is 0 Å². The molecule has 1 N–H and O–H groups in total. The first kappa shape index (κ1) is 9.80. The highest BCUT2D eigenvalue weighted by atomic mass is 32.2. The molecule has 0 spiro atoms. The van der Waals surface area contributed by atoms with Crippen molar-refractivity contribution in [2.75, 3.05) is 23.4 Å². The summed E-state index contributed by atoms with van der Waals surface area (Å²) < 4.78 is 3.76. The fourth-order valence-electron chi connectivity index (χ4n) is 0.775. The Labute approximate surface area is 81.1 Å². The Hall–Kier alpha value is -0.290. The standard InChI is InChI=1S/C7H13N3S2/c1-2-11-5-3-4-8-7-6-9-10-12-7/h6,8H,2-5H2,1H3. The molecule has 0 aromatic carbocycles. The van der Waals surface area contributed by atoms with Crippen molar-refractivity contribution in [2.24, 2.45) is 0 Å². The van der Waals surface area contributed by atoms with Crippen LogP contribution in [0.3, 0.4) is 0 Å². The Morgan fingerprint density at radius 3 is 3.25 bits per heavy atom. The fraction of sp³-hybridized carbons (Fsp3) is 0.714. The van der Waals surface area contributed by atoms with Crippen LogP contribution in [0.2, 0.25) is 0 Å². The smallest absolute Gasteiger partial charge is 0.130 e. The number of hydrogen-bond acceptors (Lipinski definition) is 5. The summed E-state index contributed by atoms with van der Waals surface area (Å²) in [6.07, 6.45) is 2.97. The van der Waals surface area contributed by atoms with E-state index in [4.69, 9.17) is 0 Å². The van der Waals surface area contributed by atoms with E-state index in [1.807, 2.05) is 11.8 Å². The lowest BCUT2D eigenvalue weighted by atomic mass is 10.5. The molecular formula is C7H13N3S2. The molecule has 0 saturated heterocycles. The van der Waals surface area contributed by atoms with E-state index >= 15 is 0 Å². The number of hydrogen-bond donors (Lipinski definition) is 1. The lowest BCUT2D eigenvalue weighted by molar-refractivity contribution is 0.994. The molecule has 0 amide bonds. The number of nitrogens with zero attached hydrogens (tertiary/aromatic N) is 2. The molecule has 5 heteroatoms. The van der Waals surface area contributed by atoms with Gasteiger partial charge in [-0.05, 0) is 17.9 Å². The molecule has 0 fully saturated rings. The van der Waals surface area contributed by atoms with Gasteiger partial charge in [0, 0.05) is 18.1 Å². The van der Waals surface area contributed by atoms with Gasteiger partial charge in [-0.3, -0.25) is 0 Å². The van der Waals surface area contributed by atoms with E-state index in [1.54, 1.807) is 6.20 Å². The molecule has 0 unspecified atom stereocenters. The summed E-state index contributed by atoms with van der Waals surface area (Å²) in [5.41, 5.74) is 0. The summed E-state index contributed by atoms with van der Waals surface area (Å²) in [6, 6.07) is 0. The minimum absolute atomic E-state index is 1.02. The van der Waals surface area contributed by atoms with E-state index in [0.29, 0.717) is 0 Å². The van der Waals surface area contributed by atoms with Gasteiger partial charge >= 0.3 is 0 Å². The van der Waals surface area contributed by atoms with Crippen molar-refractivity contribution >= 4 is 28.3 Å². The van der Waals surface area contributed by atoms with Crippen LogP contribution in [0.4, 0.5) is 5.00 Å². The van der Waals surface area contributed by atoms with E-state index < -0.39 is 0 Å². The molecule has 0 bridgehead atoms. The van der Waals surface area contributed by atoms with Crippen LogP contribution in [0.1, 0.15) is 13.3 Å². The number of nitrogens with one attached hydrogen (secondary N) is 1. The molecule has 0 radical (unpaired) electrons. The van der Waals surface area contributed by atoms with Crippen LogP contribution in [0.25, 0.3) is 0 Å². The van der Waals surface area contributed by atoms with Gasteiger partial charge in [-0.2, -0.15) is 11.8 Å². The van der Waals surface area contributed by atoms with E-state index in [9.17, 15) is 0 Å². The van der Waals surface area contributed by atoms with E-state index in [0.717, 1.165) is 11.5 Å². The van der Waals surface area contributed by atoms with E-state index in [2.05, 4.69) is 21.8 Å². The van der Waals surface area contributed by atoms with Gasteiger partial charge in [0.2, 0.25) is 0 Å². The van der Waals surface area contributed by atoms with E-state index in [1.165, 1.54) is 29.5 Å². The van der Waals surface area contributed by atoms with Gasteiger partial charge in [0.15, 0.2) is 0 Å². The van der Waals surface area contributed by atoms with Gasteiger partial charge in [0.05, 0.1) is 6.20 Å². The zero-order chi connectivity index (χ0) is 8.65. The average molecular weight is 203 g/mol. The van der Waals surface area contributed by atoms with Crippen LogP contribution in [-0.2, 0) is 0 Å². The molecule has 1 aromatic heterocycles. The monoisotopic (exact) mass is 203 g/mol. The van der Waals surface area contributed by atoms with Crippen LogP contribution >= 0.6 is 23.3 Å². The van der Waals surface area contributed by atoms with Crippen molar-refractivity contribution in [1.82, 2.24) is 9.59 Å². The van der Waals surface area contributed by atoms with Gasteiger partial charge in [-0.15, -0.1) is 5.10 Å². The number of anilines is 1. The SMILES string of the molecule is CCSCCCNc1cnns1. The number of aromatic nitrogens is 2. The van der Waals surface area contributed by atoms with Crippen molar-refractivity contribution in [2.45, 2.75) is 13.3 Å². The molecule has 0 aliphatic heterocycles. The molecule has 1 aromatic rings. The summed E-state index contributed by atoms with van der Waals surface area (Å²) >= 11 is 3.39. The second kappa shape index (κ2) is 6.25. The van der Waals surface area contributed by atoms with Crippen LogP contribution in [0.15, 0.2) is 6.20 Å². The normalized spacial score (nSPS) is 10.1. The maximum Gasteiger partial charge on any atom is 0.130 e. The second-order valence-electron chi connectivity index (χ2n) is 2.26. The Bertz CT molecular complexity index is 189. The van der Waals surface area contributed by atoms with Crippen molar-refractivity contribution < 1.29 is 0 Å². The fourth-order valence-corrected chi connectivity index (χ4v) is 1.86. The molecule has 1 rings (SSSR count). The maximum atomic E-state index is 3.76. The highest BCUT2D eigenvalue weighted by Gasteiger charge is 1.92. The topological polar surface area (TPSA) is 37.8 Å². The highest BCUT2D eigenvalue weighted by molar-refractivity contribution is 7.99. The first-order valence-corrected chi connectivity index (χ1v) is 5.95. The first-order chi connectivity index (χ1) is 5.93. The summed E-state index contributed by atoms with van der Waals surface area (Å²) in [5.74, 6) is 2.44. The molecule has 1 heterocycles. The van der Waals surface area contributed by atoms with Gasteiger partial charge in [-0.1, -0.05) is 11.4 Å². The molecular weight excluding hydrogens is 190 g/mol. The highest BCUT2D eigenvalue weighted by Crippen LogP contribution is 2.09.